The average molecular weight is 201 g/mol. The summed E-state index contributed by atoms with van der Waals surface area (Å²) in [6, 6.07) is 6.58. The largest absolute Gasteiger partial charge is 1.00 e. The van der Waals surface area contributed by atoms with E-state index in [1.54, 1.807) is 30.3 Å². The van der Waals surface area contributed by atoms with Crippen molar-refractivity contribution in [2.45, 2.75) is 0 Å². The number of carboxylic acids is 1. The Morgan fingerprint density at radius 2 is 2.07 bits per heavy atom. The number of hydrogen-bond acceptors (Lipinski definition) is 2. The maximum atomic E-state index is 10.5. The molecule has 0 bridgehead atoms. The van der Waals surface area contributed by atoms with Gasteiger partial charge >= 0.3 is 35.5 Å². The summed E-state index contributed by atoms with van der Waals surface area (Å²) in [6.07, 6.45) is 1.74. The zero-order valence-corrected chi connectivity index (χ0v) is 10.2. The molecule has 1 aromatic carbocycles. The second-order valence-corrected chi connectivity index (χ2v) is 2.55. The molecule has 0 saturated heterocycles. The molecule has 0 unspecified atom stereocenters. The number of anilines is 1. The van der Waals surface area contributed by atoms with Gasteiger partial charge in [0.25, 0.3) is 0 Å². The first-order chi connectivity index (χ1) is 6.24. The molecule has 2 N–H and O–H groups in total. The minimum Gasteiger partial charge on any atom is -1.00 e. The Morgan fingerprint density at radius 3 is 2.50 bits per heavy atom. The van der Waals surface area contributed by atoms with Crippen LogP contribution in [0.25, 0.3) is 0 Å². The number of nitrogens with one attached hydrogen (secondary N) is 1. The number of rotatable bonds is 4. The van der Waals surface area contributed by atoms with Crippen molar-refractivity contribution in [3.05, 3.63) is 42.5 Å². The fraction of sp³-hybridized carbons (Fsp3) is 0.100. The second kappa shape index (κ2) is 6.65. The first-order valence-corrected chi connectivity index (χ1v) is 3.92. The van der Waals surface area contributed by atoms with Crippen LogP contribution < -0.4 is 34.9 Å². The van der Waals surface area contributed by atoms with Gasteiger partial charge in [0, 0.05) is 12.2 Å². The molecule has 3 nitrogen and oxygen atoms in total. The molecule has 0 spiro atoms. The molecular formula is C10H12NNaO2. The Kier molecular flexibility index (Phi) is 6.28. The average Bonchev–Trinajstić information content (AvgIpc) is 2.15. The molecular weight excluding hydrogens is 189 g/mol. The number of aromatic carboxylic acids is 1. The minimum atomic E-state index is -0.907. The van der Waals surface area contributed by atoms with Crippen molar-refractivity contribution in [3.63, 3.8) is 0 Å². The van der Waals surface area contributed by atoms with Crippen LogP contribution in [0.2, 0.25) is 0 Å². The van der Waals surface area contributed by atoms with Gasteiger partial charge in [0.15, 0.2) is 0 Å². The Balaban J connectivity index is 0. The first-order valence-electron chi connectivity index (χ1n) is 3.92. The summed E-state index contributed by atoms with van der Waals surface area (Å²) in [7, 11) is 0. The molecule has 0 aliphatic heterocycles. The molecule has 70 valence electrons. The summed E-state index contributed by atoms with van der Waals surface area (Å²) in [5.41, 5.74) is 1.19. The summed E-state index contributed by atoms with van der Waals surface area (Å²) >= 11 is 0. The third kappa shape index (κ3) is 3.96. The number of hydrogen-bond donors (Lipinski definition) is 2. The third-order valence-corrected chi connectivity index (χ3v) is 1.58. The van der Waals surface area contributed by atoms with E-state index in [9.17, 15) is 4.79 Å². The van der Waals surface area contributed by atoms with Gasteiger partial charge in [-0.15, -0.1) is 6.58 Å². The van der Waals surface area contributed by atoms with Gasteiger partial charge in [-0.3, -0.25) is 0 Å². The van der Waals surface area contributed by atoms with Crippen molar-refractivity contribution < 1.29 is 40.9 Å². The molecule has 0 aliphatic rings. The van der Waals surface area contributed by atoms with E-state index >= 15 is 0 Å². The summed E-state index contributed by atoms with van der Waals surface area (Å²) in [6.45, 7) is 4.24. The fourth-order valence-electron chi connectivity index (χ4n) is 0.921. The van der Waals surface area contributed by atoms with E-state index in [1.165, 1.54) is 0 Å². The van der Waals surface area contributed by atoms with Crippen LogP contribution >= 0.6 is 0 Å². The van der Waals surface area contributed by atoms with Crippen molar-refractivity contribution >= 4 is 11.7 Å². The zero-order chi connectivity index (χ0) is 9.68. The molecule has 1 rings (SSSR count). The Labute approximate surface area is 107 Å². The molecule has 0 atom stereocenters. The van der Waals surface area contributed by atoms with Gasteiger partial charge in [-0.25, -0.2) is 4.79 Å². The van der Waals surface area contributed by atoms with Crippen LogP contribution in [0.5, 0.6) is 0 Å². The van der Waals surface area contributed by atoms with Crippen molar-refractivity contribution in [3.8, 4) is 0 Å². The van der Waals surface area contributed by atoms with Crippen LogP contribution in [0.4, 0.5) is 5.69 Å². The summed E-state index contributed by atoms with van der Waals surface area (Å²) in [4.78, 5) is 10.5. The van der Waals surface area contributed by atoms with Gasteiger partial charge in [0.2, 0.25) is 0 Å². The van der Waals surface area contributed by atoms with E-state index < -0.39 is 5.97 Å². The molecule has 4 heteroatoms. The van der Waals surface area contributed by atoms with Crippen LogP contribution in [0.1, 0.15) is 11.8 Å². The van der Waals surface area contributed by atoms with E-state index in [0.29, 0.717) is 12.1 Å². The van der Waals surface area contributed by atoms with Gasteiger partial charge in [0.1, 0.15) is 0 Å². The molecule has 0 aromatic heterocycles. The van der Waals surface area contributed by atoms with E-state index in [0.717, 1.165) is 5.69 Å². The molecule has 1 aromatic rings. The summed E-state index contributed by atoms with van der Waals surface area (Å²) in [5, 5.41) is 11.7. The van der Waals surface area contributed by atoms with Crippen LogP contribution in [-0.2, 0) is 0 Å². The molecule has 0 amide bonds. The smallest absolute Gasteiger partial charge is 1.00 e. The van der Waals surface area contributed by atoms with E-state index in [1.807, 2.05) is 0 Å². The van der Waals surface area contributed by atoms with E-state index in [2.05, 4.69) is 11.9 Å². The van der Waals surface area contributed by atoms with Crippen molar-refractivity contribution in [1.82, 2.24) is 0 Å². The Morgan fingerprint density at radius 1 is 1.50 bits per heavy atom. The van der Waals surface area contributed by atoms with Crippen LogP contribution in [0.3, 0.4) is 0 Å². The van der Waals surface area contributed by atoms with Gasteiger partial charge < -0.3 is 11.8 Å². The van der Waals surface area contributed by atoms with Crippen molar-refractivity contribution in [2.24, 2.45) is 0 Å². The third-order valence-electron chi connectivity index (χ3n) is 1.58. The second-order valence-electron chi connectivity index (χ2n) is 2.55. The number of carboxylic acid groups (broad SMARTS) is 1. The molecule has 14 heavy (non-hydrogen) atoms. The number of benzene rings is 1. The molecule has 0 fully saturated rings. The Hall–Kier alpha value is -0.770. The van der Waals surface area contributed by atoms with Crippen LogP contribution in [-0.4, -0.2) is 17.6 Å². The zero-order valence-electron chi connectivity index (χ0n) is 9.16. The van der Waals surface area contributed by atoms with Crippen molar-refractivity contribution in [1.29, 1.82) is 0 Å². The number of carbonyl (C=O) groups is 1. The standard InChI is InChI=1S/C10H11NO2.Na.H/c1-2-7-11-9-5-3-8(4-6-9)10(12)13;;/h2-6,11H,1,7H2,(H,12,13);;/q;+1;-1. The maximum Gasteiger partial charge on any atom is 1.00 e. The fourth-order valence-corrected chi connectivity index (χ4v) is 0.921. The van der Waals surface area contributed by atoms with Gasteiger partial charge in [-0.1, -0.05) is 6.08 Å². The summed E-state index contributed by atoms with van der Waals surface area (Å²) in [5.74, 6) is -0.907. The van der Waals surface area contributed by atoms with Crippen LogP contribution in [0.15, 0.2) is 36.9 Å². The van der Waals surface area contributed by atoms with Gasteiger partial charge in [-0.2, -0.15) is 0 Å². The summed E-state index contributed by atoms with van der Waals surface area (Å²) < 4.78 is 0. The van der Waals surface area contributed by atoms with E-state index in [-0.39, 0.29) is 31.0 Å². The molecule has 0 aliphatic carbocycles. The monoisotopic (exact) mass is 201 g/mol. The van der Waals surface area contributed by atoms with Crippen molar-refractivity contribution in [2.75, 3.05) is 11.9 Å². The first kappa shape index (κ1) is 13.2. The SMILES string of the molecule is C=CCNc1ccc(C(=O)O)cc1.[H-].[Na+]. The quantitative estimate of drug-likeness (QED) is 0.490. The van der Waals surface area contributed by atoms with Gasteiger partial charge in [-0.05, 0) is 24.3 Å². The molecule has 0 heterocycles. The maximum absolute atomic E-state index is 10.5. The molecule has 0 radical (unpaired) electrons. The topological polar surface area (TPSA) is 49.3 Å². The Bertz CT molecular complexity index is 314. The predicted molar refractivity (Wildman–Crippen MR) is 53.2 cm³/mol. The molecule has 0 saturated carbocycles. The van der Waals surface area contributed by atoms with Gasteiger partial charge in [0.05, 0.1) is 5.56 Å². The minimum absolute atomic E-state index is 0. The normalized spacial score (nSPS) is 8.57. The predicted octanol–water partition coefficient (Wildman–Crippen LogP) is -0.901. The van der Waals surface area contributed by atoms with E-state index in [4.69, 9.17) is 5.11 Å². The van der Waals surface area contributed by atoms with Crippen LogP contribution in [0, 0.1) is 0 Å².